The summed E-state index contributed by atoms with van der Waals surface area (Å²) >= 11 is 8.52. The number of hydrogen-bond acceptors (Lipinski definition) is 3. The predicted molar refractivity (Wildman–Crippen MR) is 78.4 cm³/mol. The van der Waals surface area contributed by atoms with Crippen LogP contribution in [0.1, 0.15) is 12.5 Å². The zero-order valence-electron chi connectivity index (χ0n) is 10.2. The van der Waals surface area contributed by atoms with Crippen molar-refractivity contribution in [1.29, 1.82) is 0 Å². The number of rotatable bonds is 5. The minimum absolute atomic E-state index is 0.0723. The Morgan fingerprint density at radius 1 is 1.59 bits per heavy atom. The fraction of sp³-hybridized carbons (Fsp3) is 0.417. The summed E-state index contributed by atoms with van der Waals surface area (Å²) in [7, 11) is 3.66. The molecule has 17 heavy (non-hydrogen) atoms. The van der Waals surface area contributed by atoms with E-state index in [0.717, 1.165) is 22.3 Å². The number of thiocarbonyl (C=S) groups is 1. The van der Waals surface area contributed by atoms with Gasteiger partial charge in [0.1, 0.15) is 5.75 Å². The third-order valence-electron chi connectivity index (χ3n) is 2.75. The van der Waals surface area contributed by atoms with Gasteiger partial charge in [0.2, 0.25) is 0 Å². The Morgan fingerprint density at radius 2 is 2.24 bits per heavy atom. The van der Waals surface area contributed by atoms with E-state index in [1.165, 1.54) is 0 Å². The van der Waals surface area contributed by atoms with Crippen molar-refractivity contribution in [2.75, 3.05) is 14.2 Å². The molecule has 5 heteroatoms. The van der Waals surface area contributed by atoms with Crippen LogP contribution >= 0.6 is 28.1 Å². The molecule has 2 N–H and O–H groups in total. The quantitative estimate of drug-likeness (QED) is 0.847. The molecule has 1 unspecified atom stereocenters. The lowest BCUT2D eigenvalue weighted by Crippen LogP contribution is -2.38. The SMILES string of the molecule is COc1ccc(Br)c(CN(C)C(C)C(N)=S)c1. The van der Waals surface area contributed by atoms with Crippen LogP contribution in [0.2, 0.25) is 0 Å². The molecule has 94 valence electrons. The van der Waals surface area contributed by atoms with Crippen molar-refractivity contribution in [2.24, 2.45) is 5.73 Å². The van der Waals surface area contributed by atoms with E-state index < -0.39 is 0 Å². The minimum atomic E-state index is 0.0723. The first-order chi connectivity index (χ1) is 7.95. The van der Waals surface area contributed by atoms with E-state index >= 15 is 0 Å². The van der Waals surface area contributed by atoms with Crippen molar-refractivity contribution in [3.8, 4) is 5.75 Å². The van der Waals surface area contributed by atoms with E-state index in [-0.39, 0.29) is 6.04 Å². The summed E-state index contributed by atoms with van der Waals surface area (Å²) in [6.07, 6.45) is 0. The number of methoxy groups -OCH3 is 1. The van der Waals surface area contributed by atoms with Gasteiger partial charge in [-0.05, 0) is 37.7 Å². The molecule has 1 aromatic carbocycles. The van der Waals surface area contributed by atoms with E-state index in [9.17, 15) is 0 Å². The molecule has 0 aromatic heterocycles. The summed E-state index contributed by atoms with van der Waals surface area (Å²) in [5, 5.41) is 0. The van der Waals surface area contributed by atoms with Crippen LogP contribution in [0.25, 0.3) is 0 Å². The number of halogens is 1. The first-order valence-electron chi connectivity index (χ1n) is 5.27. The van der Waals surface area contributed by atoms with Gasteiger partial charge in [0, 0.05) is 11.0 Å². The predicted octanol–water partition coefficient (Wildman–Crippen LogP) is 2.56. The maximum absolute atomic E-state index is 5.64. The Bertz CT molecular complexity index is 411. The first kappa shape index (κ1) is 14.4. The maximum atomic E-state index is 5.64. The highest BCUT2D eigenvalue weighted by molar-refractivity contribution is 9.10. The number of benzene rings is 1. The van der Waals surface area contributed by atoms with Gasteiger partial charge < -0.3 is 10.5 Å². The number of nitrogens with two attached hydrogens (primary N) is 1. The highest BCUT2D eigenvalue weighted by Gasteiger charge is 2.13. The van der Waals surface area contributed by atoms with Crippen LogP contribution in [0.15, 0.2) is 22.7 Å². The maximum Gasteiger partial charge on any atom is 0.119 e. The van der Waals surface area contributed by atoms with Crippen LogP contribution in [0.4, 0.5) is 0 Å². The molecule has 0 fully saturated rings. The lowest BCUT2D eigenvalue weighted by Gasteiger charge is -2.24. The topological polar surface area (TPSA) is 38.5 Å². The van der Waals surface area contributed by atoms with Crippen molar-refractivity contribution >= 4 is 33.1 Å². The number of ether oxygens (including phenoxy) is 1. The van der Waals surface area contributed by atoms with Gasteiger partial charge in [0.25, 0.3) is 0 Å². The molecule has 0 radical (unpaired) electrons. The number of nitrogens with zero attached hydrogens (tertiary/aromatic N) is 1. The van der Waals surface area contributed by atoms with Crippen LogP contribution in [0, 0.1) is 0 Å². The molecule has 0 aliphatic carbocycles. The standard InChI is InChI=1S/C12H17BrN2OS/c1-8(12(14)17)15(2)7-9-6-10(16-3)4-5-11(9)13/h4-6,8H,7H2,1-3H3,(H2,14,17). The fourth-order valence-electron chi connectivity index (χ4n) is 1.42. The molecule has 3 nitrogen and oxygen atoms in total. The monoisotopic (exact) mass is 316 g/mol. The molecule has 0 bridgehead atoms. The zero-order valence-corrected chi connectivity index (χ0v) is 12.6. The van der Waals surface area contributed by atoms with Gasteiger partial charge in [-0.15, -0.1) is 0 Å². The second-order valence-corrected chi connectivity index (χ2v) is 5.28. The highest BCUT2D eigenvalue weighted by Crippen LogP contribution is 2.23. The largest absolute Gasteiger partial charge is 0.497 e. The molecule has 0 aliphatic heterocycles. The van der Waals surface area contributed by atoms with Crippen LogP contribution in [-0.2, 0) is 6.54 Å². The molecule has 0 heterocycles. The summed E-state index contributed by atoms with van der Waals surface area (Å²) in [5.41, 5.74) is 6.79. The summed E-state index contributed by atoms with van der Waals surface area (Å²) in [4.78, 5) is 2.61. The van der Waals surface area contributed by atoms with Crippen LogP contribution in [0.3, 0.4) is 0 Å². The van der Waals surface area contributed by atoms with Crippen LogP contribution in [0.5, 0.6) is 5.75 Å². The molecule has 0 spiro atoms. The van der Waals surface area contributed by atoms with Crippen molar-refractivity contribution in [2.45, 2.75) is 19.5 Å². The second-order valence-electron chi connectivity index (χ2n) is 3.95. The molecule has 0 saturated carbocycles. The summed E-state index contributed by atoms with van der Waals surface area (Å²) in [6, 6.07) is 5.98. The Labute approximate surface area is 116 Å². The molecule has 1 rings (SSSR count). The lowest BCUT2D eigenvalue weighted by molar-refractivity contribution is 0.303. The smallest absolute Gasteiger partial charge is 0.119 e. The Hall–Kier alpha value is -0.650. The molecule has 0 amide bonds. The average Bonchev–Trinajstić information content (AvgIpc) is 2.30. The third kappa shape index (κ3) is 3.94. The van der Waals surface area contributed by atoms with Gasteiger partial charge in [-0.1, -0.05) is 28.1 Å². The van der Waals surface area contributed by atoms with E-state index in [0.29, 0.717) is 4.99 Å². The van der Waals surface area contributed by atoms with Crippen molar-refractivity contribution in [1.82, 2.24) is 4.90 Å². The Morgan fingerprint density at radius 3 is 2.76 bits per heavy atom. The molecule has 1 atom stereocenters. The zero-order chi connectivity index (χ0) is 13.0. The summed E-state index contributed by atoms with van der Waals surface area (Å²) < 4.78 is 6.27. The summed E-state index contributed by atoms with van der Waals surface area (Å²) in [5.74, 6) is 0.847. The first-order valence-corrected chi connectivity index (χ1v) is 6.47. The number of hydrogen-bond donors (Lipinski definition) is 1. The molecule has 0 aliphatic rings. The highest BCUT2D eigenvalue weighted by atomic mass is 79.9. The fourth-order valence-corrected chi connectivity index (χ4v) is 1.97. The average molecular weight is 317 g/mol. The van der Waals surface area contributed by atoms with Crippen LogP contribution in [-0.4, -0.2) is 30.1 Å². The Balaban J connectivity index is 2.83. The van der Waals surface area contributed by atoms with E-state index in [1.807, 2.05) is 32.2 Å². The Kier molecular flexibility index (Phi) is 5.36. The molecule has 0 saturated heterocycles. The molecular weight excluding hydrogens is 300 g/mol. The minimum Gasteiger partial charge on any atom is -0.497 e. The van der Waals surface area contributed by atoms with E-state index in [2.05, 4.69) is 20.8 Å². The van der Waals surface area contributed by atoms with Gasteiger partial charge in [-0.3, -0.25) is 4.90 Å². The third-order valence-corrected chi connectivity index (χ3v) is 3.86. The second kappa shape index (κ2) is 6.33. The molecule has 1 aromatic rings. The van der Waals surface area contributed by atoms with Crippen molar-refractivity contribution in [3.05, 3.63) is 28.2 Å². The van der Waals surface area contributed by atoms with E-state index in [4.69, 9.17) is 22.7 Å². The van der Waals surface area contributed by atoms with Gasteiger partial charge in [-0.2, -0.15) is 0 Å². The van der Waals surface area contributed by atoms with E-state index in [1.54, 1.807) is 7.11 Å². The van der Waals surface area contributed by atoms with Gasteiger partial charge >= 0.3 is 0 Å². The normalized spacial score (nSPS) is 12.5. The van der Waals surface area contributed by atoms with Crippen molar-refractivity contribution in [3.63, 3.8) is 0 Å². The summed E-state index contributed by atoms with van der Waals surface area (Å²) in [6.45, 7) is 2.76. The molecular formula is C12H17BrN2OS. The van der Waals surface area contributed by atoms with Crippen LogP contribution < -0.4 is 10.5 Å². The van der Waals surface area contributed by atoms with Crippen molar-refractivity contribution < 1.29 is 4.74 Å². The lowest BCUT2D eigenvalue weighted by atomic mass is 10.2. The van der Waals surface area contributed by atoms with Gasteiger partial charge in [0.15, 0.2) is 0 Å². The number of likely N-dealkylation sites (N-methyl/N-ethyl adjacent to an activating group) is 1. The van der Waals surface area contributed by atoms with Gasteiger partial charge in [0.05, 0.1) is 18.1 Å². The van der Waals surface area contributed by atoms with Gasteiger partial charge in [-0.25, -0.2) is 0 Å².